The van der Waals surface area contributed by atoms with E-state index in [9.17, 15) is 60.3 Å². The third-order valence-electron chi connectivity index (χ3n) is 13.2. The highest BCUT2D eigenvalue weighted by Gasteiger charge is 2.56. The fraction of sp³-hybridized carbons (Fsp3) is 0.894. The molecule has 0 aromatic carbocycles. The quantitative estimate of drug-likeness (QED) is 0.0310. The number of carbonyl (C=O) groups is 3. The van der Waals surface area contributed by atoms with Gasteiger partial charge in [-0.1, -0.05) is 70.4 Å². The van der Waals surface area contributed by atoms with E-state index in [0.717, 1.165) is 65.2 Å². The number of aliphatic hydroxyl groups excluding tert-OH is 9. The zero-order chi connectivity index (χ0) is 51.5. The Morgan fingerprint density at radius 3 is 1.41 bits per heavy atom. The molecule has 4 heterocycles. The molecule has 0 saturated carbocycles. The van der Waals surface area contributed by atoms with E-state index in [-0.39, 0.29) is 6.42 Å². The Balaban J connectivity index is 1.41. The predicted molar refractivity (Wildman–Crippen MR) is 246 cm³/mol. The number of nitrogens with one attached hydrogen (secondary N) is 3. The van der Waals surface area contributed by atoms with Gasteiger partial charge in [-0.2, -0.15) is 0 Å². The van der Waals surface area contributed by atoms with Crippen LogP contribution < -0.4 is 16.0 Å². The monoisotopic (exact) mass is 1010 g/mol. The molecule has 4 rings (SSSR count). The molecule has 0 aromatic heterocycles. The van der Waals surface area contributed by atoms with Gasteiger partial charge in [0.25, 0.3) is 0 Å². The first-order valence-corrected chi connectivity index (χ1v) is 25.0. The topological polar surface area (TPSA) is 343 Å². The lowest BCUT2D eigenvalue weighted by Crippen LogP contribution is -2.71. The van der Waals surface area contributed by atoms with E-state index in [1.807, 2.05) is 0 Å². The van der Waals surface area contributed by atoms with Crippen molar-refractivity contribution in [3.8, 4) is 0 Å². The molecule has 70 heavy (non-hydrogen) atoms. The maximum atomic E-state index is 13.3. The molecule has 4 aliphatic rings. The third kappa shape index (κ3) is 17.0. The van der Waals surface area contributed by atoms with Gasteiger partial charge < -0.3 is 99.8 Å². The fourth-order valence-electron chi connectivity index (χ4n) is 9.25. The highest BCUT2D eigenvalue weighted by molar-refractivity contribution is 5.76. The minimum atomic E-state index is -1.84. The number of unbranched alkanes of at least 4 members (excludes halogenated alkanes) is 11. The van der Waals surface area contributed by atoms with Crippen LogP contribution in [0.25, 0.3) is 0 Å². The second-order valence-corrected chi connectivity index (χ2v) is 18.7. The van der Waals surface area contributed by atoms with Crippen LogP contribution in [0.15, 0.2) is 12.2 Å². The number of hydrogen-bond acceptors (Lipinski definition) is 20. The Bertz CT molecular complexity index is 1570. The smallest absolute Gasteiger partial charge is 0.220 e. The van der Waals surface area contributed by atoms with Gasteiger partial charge in [-0.3, -0.25) is 14.4 Å². The summed E-state index contributed by atoms with van der Waals surface area (Å²) in [6, 6.07) is -4.50. The average molecular weight is 1010 g/mol. The van der Waals surface area contributed by atoms with Crippen molar-refractivity contribution in [3.05, 3.63) is 12.2 Å². The van der Waals surface area contributed by atoms with Gasteiger partial charge in [-0.05, 0) is 39.0 Å². The second-order valence-electron chi connectivity index (χ2n) is 18.7. The summed E-state index contributed by atoms with van der Waals surface area (Å²) >= 11 is 0. The van der Waals surface area contributed by atoms with Crippen LogP contribution in [0.5, 0.6) is 0 Å². The van der Waals surface area contributed by atoms with E-state index in [1.54, 1.807) is 0 Å². The summed E-state index contributed by atoms with van der Waals surface area (Å²) in [7, 11) is 1.23. The van der Waals surface area contributed by atoms with Crippen LogP contribution in [0, 0.1) is 0 Å². The molecule has 23 nitrogen and oxygen atoms in total. The average Bonchev–Trinajstić information content (AvgIpc) is 3.32. The minimum absolute atomic E-state index is 0.0757. The molecule has 4 aliphatic heterocycles. The van der Waals surface area contributed by atoms with Crippen molar-refractivity contribution in [2.75, 3.05) is 26.9 Å². The summed E-state index contributed by atoms with van der Waals surface area (Å²) < 4.78 is 47.2. The van der Waals surface area contributed by atoms with Gasteiger partial charge in [0.1, 0.15) is 91.4 Å². The van der Waals surface area contributed by atoms with Gasteiger partial charge in [0.05, 0.1) is 25.9 Å². The summed E-state index contributed by atoms with van der Waals surface area (Å²) in [6.07, 6.45) is -7.62. The number of hydrogen-bond donors (Lipinski definition) is 12. The van der Waals surface area contributed by atoms with E-state index < -0.39 is 160 Å². The predicted octanol–water partition coefficient (Wildman–Crippen LogP) is -1.62. The van der Waals surface area contributed by atoms with Crippen LogP contribution in [0.4, 0.5) is 0 Å². The van der Waals surface area contributed by atoms with Crippen LogP contribution >= 0.6 is 0 Å². The van der Waals surface area contributed by atoms with Gasteiger partial charge in [0, 0.05) is 27.4 Å². The molecule has 4 fully saturated rings. The SMILES string of the molecule is CCCCCC/C=C\CCCCCCCCCC(=O)N[C@H]1[C@H](O[C@H]2[C@H](O)[C@@H](NC(C)=O)[C@H](O[C@H]3[C@H](O)[C@@H](NC(C)=O)[C@H](O[C@H]4O[C@H](C)[C@H](O)[C@H](O)[C@H]4OC)O[C@@H]3CO)O[C@@H]2CO)O[C@H](CO)[C@@H](O)[C@@H]1O. The first-order valence-electron chi connectivity index (χ1n) is 25.0. The van der Waals surface area contributed by atoms with Crippen molar-refractivity contribution in [1.82, 2.24) is 16.0 Å². The van der Waals surface area contributed by atoms with Gasteiger partial charge in [0.15, 0.2) is 25.2 Å². The third-order valence-corrected chi connectivity index (χ3v) is 13.2. The lowest BCUT2D eigenvalue weighted by Gasteiger charge is -2.50. The van der Waals surface area contributed by atoms with Crippen molar-refractivity contribution in [2.45, 2.75) is 240 Å². The second kappa shape index (κ2) is 30.6. The first kappa shape index (κ1) is 60.0. The molecule has 23 heteroatoms. The van der Waals surface area contributed by atoms with E-state index in [0.29, 0.717) is 6.42 Å². The maximum Gasteiger partial charge on any atom is 0.220 e. The van der Waals surface area contributed by atoms with Crippen LogP contribution in [0.3, 0.4) is 0 Å². The van der Waals surface area contributed by atoms with E-state index in [1.165, 1.54) is 39.7 Å². The number of amides is 3. The molecule has 12 N–H and O–H groups in total. The summed E-state index contributed by atoms with van der Waals surface area (Å²) in [4.78, 5) is 38.3. The van der Waals surface area contributed by atoms with E-state index in [4.69, 9.17) is 37.9 Å². The van der Waals surface area contributed by atoms with Crippen molar-refractivity contribution in [2.24, 2.45) is 0 Å². The molecule has 3 amide bonds. The highest BCUT2D eigenvalue weighted by Crippen LogP contribution is 2.35. The molecular formula is C47H83N3O20. The van der Waals surface area contributed by atoms with Gasteiger partial charge in [0.2, 0.25) is 17.7 Å². The number of rotatable bonds is 28. The first-order chi connectivity index (χ1) is 33.5. The van der Waals surface area contributed by atoms with Crippen molar-refractivity contribution in [1.29, 1.82) is 0 Å². The van der Waals surface area contributed by atoms with Gasteiger partial charge in [-0.15, -0.1) is 0 Å². The molecule has 0 unspecified atom stereocenters. The summed E-state index contributed by atoms with van der Waals surface area (Å²) in [5, 5.41) is 105. The van der Waals surface area contributed by atoms with Crippen LogP contribution in [0.2, 0.25) is 0 Å². The van der Waals surface area contributed by atoms with Crippen molar-refractivity contribution in [3.63, 3.8) is 0 Å². The Labute approximate surface area is 410 Å². The molecule has 0 bridgehead atoms. The van der Waals surface area contributed by atoms with E-state index >= 15 is 0 Å². The van der Waals surface area contributed by atoms with Crippen LogP contribution in [0.1, 0.15) is 118 Å². The summed E-state index contributed by atoms with van der Waals surface area (Å²) in [6.45, 7) is 3.44. The number of allylic oxidation sites excluding steroid dienone is 2. The Morgan fingerprint density at radius 2 is 0.943 bits per heavy atom. The van der Waals surface area contributed by atoms with Gasteiger partial charge >= 0.3 is 0 Å². The van der Waals surface area contributed by atoms with Crippen LogP contribution in [-0.4, -0.2) is 213 Å². The molecule has 0 aromatic rings. The molecular weight excluding hydrogens is 927 g/mol. The highest BCUT2D eigenvalue weighted by atomic mass is 16.8. The largest absolute Gasteiger partial charge is 0.394 e. The number of aliphatic hydroxyl groups is 9. The molecule has 0 spiro atoms. The summed E-state index contributed by atoms with van der Waals surface area (Å²) in [5.74, 6) is -1.86. The van der Waals surface area contributed by atoms with Gasteiger partial charge in [-0.25, -0.2) is 0 Å². The molecule has 4 saturated heterocycles. The number of methoxy groups -OCH3 is 1. The van der Waals surface area contributed by atoms with Crippen molar-refractivity contribution >= 4 is 17.7 Å². The zero-order valence-electron chi connectivity index (χ0n) is 41.2. The number of carbonyl (C=O) groups excluding carboxylic acids is 3. The van der Waals surface area contributed by atoms with E-state index in [2.05, 4.69) is 35.0 Å². The lowest BCUT2D eigenvalue weighted by atomic mass is 9.93. The number of ether oxygens (including phenoxy) is 8. The normalized spacial score (nSPS) is 38.1. The minimum Gasteiger partial charge on any atom is -0.394 e. The van der Waals surface area contributed by atoms with Crippen molar-refractivity contribution < 1.29 is 98.2 Å². The Morgan fingerprint density at radius 1 is 0.500 bits per heavy atom. The maximum absolute atomic E-state index is 13.3. The molecule has 20 atom stereocenters. The molecule has 406 valence electrons. The molecule has 0 radical (unpaired) electrons. The summed E-state index contributed by atoms with van der Waals surface area (Å²) in [5.41, 5.74) is 0. The van der Waals surface area contributed by atoms with Crippen LogP contribution in [-0.2, 0) is 52.3 Å². The molecule has 0 aliphatic carbocycles. The Kier molecular flexibility index (Phi) is 26.3. The Hall–Kier alpha value is -2.53. The standard InChI is InChI=1S/C47H83N3O20/c1-6-7-8-9-10-11-12-13-14-15-16-17-18-19-20-21-31(56)50-32-37(59)36(58)28(22-51)65-44(32)68-41-29(23-52)66-45(33(38(41)60)48-26(3)54)69-42-30(24-53)67-46(34(39(42)61)49-27(4)55)70-47-43(63-5)40(62)35(57)25(2)64-47/h11-12,25,28-30,32-47,51-53,57-62H,6-10,13-24H2,1-5H3,(H,48,54)(H,49,55)(H,50,56)/b12-11-/t25-,28-,29-,30-,32-,33-,34-,35+,36-,37-,38-,39-,40+,41-,42-,43-,44+,45+,46+,47-/m1/s1. The zero-order valence-corrected chi connectivity index (χ0v) is 41.2. The lowest BCUT2D eigenvalue weighted by molar-refractivity contribution is -0.377. The fourth-order valence-corrected chi connectivity index (χ4v) is 9.25.